The van der Waals surface area contributed by atoms with Crippen LogP contribution in [0.1, 0.15) is 5.69 Å². The minimum Gasteiger partial charge on any atom is -0.507 e. The second-order valence-corrected chi connectivity index (χ2v) is 5.85. The molecule has 0 amide bonds. The van der Waals surface area contributed by atoms with Gasteiger partial charge in [-0.15, -0.1) is 0 Å². The van der Waals surface area contributed by atoms with Crippen molar-refractivity contribution in [1.82, 2.24) is 9.97 Å². The van der Waals surface area contributed by atoms with Crippen LogP contribution in [0.3, 0.4) is 0 Å². The van der Waals surface area contributed by atoms with Crippen molar-refractivity contribution in [2.45, 2.75) is 12.3 Å². The summed E-state index contributed by atoms with van der Waals surface area (Å²) in [6.45, 7) is 0. The van der Waals surface area contributed by atoms with Crippen molar-refractivity contribution in [3.8, 4) is 28.4 Å². The second kappa shape index (κ2) is 6.92. The van der Waals surface area contributed by atoms with Crippen LogP contribution in [0.25, 0.3) is 22.6 Å². The summed E-state index contributed by atoms with van der Waals surface area (Å²) < 4.78 is 53.5. The molecule has 0 aliphatic heterocycles. The number of aromatic hydroxyl groups is 1. The molecular weight excluding hydrogens is 372 g/mol. The van der Waals surface area contributed by atoms with Crippen LogP contribution in [-0.2, 0) is 5.92 Å². The molecule has 2 aromatic carbocycles. The van der Waals surface area contributed by atoms with Crippen molar-refractivity contribution in [3.63, 3.8) is 0 Å². The summed E-state index contributed by atoms with van der Waals surface area (Å²) in [5, 5.41) is 10.2. The van der Waals surface area contributed by atoms with Crippen molar-refractivity contribution in [3.05, 3.63) is 65.3 Å². The summed E-state index contributed by atoms with van der Waals surface area (Å²) in [6, 6.07) is 12.8. The van der Waals surface area contributed by atoms with Crippen molar-refractivity contribution in [2.24, 2.45) is 0 Å². The quantitative estimate of drug-likeness (QED) is 0.604. The monoisotopic (exact) mass is 382 g/mol. The Bertz CT molecular complexity index is 936. The molecule has 1 N–H and O–H groups in total. The van der Waals surface area contributed by atoms with Gasteiger partial charge in [0, 0.05) is 16.1 Å². The van der Waals surface area contributed by atoms with Gasteiger partial charge >= 0.3 is 12.3 Å². The Balaban J connectivity index is 2.26. The number of alkyl halides is 4. The van der Waals surface area contributed by atoms with Gasteiger partial charge in [0.2, 0.25) is 0 Å². The average molecular weight is 383 g/mol. The van der Waals surface area contributed by atoms with Gasteiger partial charge in [-0.25, -0.2) is 18.7 Å². The molecule has 134 valence electrons. The summed E-state index contributed by atoms with van der Waals surface area (Å²) in [5.74, 6) is -4.92. The van der Waals surface area contributed by atoms with Gasteiger partial charge in [0.25, 0.3) is 0 Å². The number of benzene rings is 2. The zero-order valence-electron chi connectivity index (χ0n) is 13.0. The Morgan fingerprint density at radius 2 is 1.65 bits per heavy atom. The molecule has 26 heavy (non-hydrogen) atoms. The number of nitrogens with zero attached hydrogens (tertiary/aromatic N) is 2. The van der Waals surface area contributed by atoms with Crippen LogP contribution < -0.4 is 0 Å². The minimum absolute atomic E-state index is 0.0309. The Hall–Kier alpha value is -2.67. The molecule has 0 aliphatic rings. The fourth-order valence-electron chi connectivity index (χ4n) is 2.30. The van der Waals surface area contributed by atoms with Gasteiger partial charge in [0.15, 0.2) is 5.82 Å². The molecule has 0 bridgehead atoms. The molecule has 0 atom stereocenters. The third-order valence-electron chi connectivity index (χ3n) is 3.61. The molecule has 0 fully saturated rings. The molecule has 0 spiro atoms. The maximum absolute atomic E-state index is 13.9. The third kappa shape index (κ3) is 3.48. The predicted molar refractivity (Wildman–Crippen MR) is 89.5 cm³/mol. The first kappa shape index (κ1) is 18.1. The van der Waals surface area contributed by atoms with Crippen molar-refractivity contribution in [2.75, 3.05) is 0 Å². The normalized spacial score (nSPS) is 11.8. The summed E-state index contributed by atoms with van der Waals surface area (Å²) in [5.41, 5.74) is -0.893. The smallest absolute Gasteiger partial charge is 0.349 e. The number of hydrogen-bond donors (Lipinski definition) is 1. The first-order chi connectivity index (χ1) is 12.3. The highest BCUT2D eigenvalue weighted by Crippen LogP contribution is 2.38. The van der Waals surface area contributed by atoms with Gasteiger partial charge in [0.1, 0.15) is 11.4 Å². The number of aromatic nitrogens is 2. The Morgan fingerprint density at radius 3 is 2.31 bits per heavy atom. The van der Waals surface area contributed by atoms with Crippen LogP contribution in [0.15, 0.2) is 54.6 Å². The highest BCUT2D eigenvalue weighted by molar-refractivity contribution is 6.30. The molecule has 1 aromatic heterocycles. The molecule has 3 rings (SSSR count). The summed E-state index contributed by atoms with van der Waals surface area (Å²) in [6.07, 6.45) is -3.94. The highest BCUT2D eigenvalue weighted by atomic mass is 35.5. The molecule has 0 saturated heterocycles. The van der Waals surface area contributed by atoms with E-state index in [0.29, 0.717) is 5.56 Å². The van der Waals surface area contributed by atoms with E-state index in [9.17, 15) is 22.7 Å². The van der Waals surface area contributed by atoms with Gasteiger partial charge < -0.3 is 5.11 Å². The molecule has 0 saturated carbocycles. The van der Waals surface area contributed by atoms with Crippen LogP contribution in [0.4, 0.5) is 17.6 Å². The topological polar surface area (TPSA) is 46.0 Å². The van der Waals surface area contributed by atoms with Crippen LogP contribution in [0, 0.1) is 0 Å². The van der Waals surface area contributed by atoms with Crippen molar-refractivity contribution < 1.29 is 22.7 Å². The Kier molecular flexibility index (Phi) is 4.82. The number of phenols is 1. The zero-order chi connectivity index (χ0) is 18.9. The van der Waals surface area contributed by atoms with Crippen LogP contribution >= 0.6 is 11.6 Å². The Morgan fingerprint density at radius 1 is 0.962 bits per heavy atom. The van der Waals surface area contributed by atoms with Gasteiger partial charge in [-0.2, -0.15) is 8.78 Å². The lowest BCUT2D eigenvalue weighted by molar-refractivity contribution is -0.137. The maximum atomic E-state index is 13.9. The molecular formula is C18H11ClF4N2O. The Labute approximate surface area is 150 Å². The zero-order valence-corrected chi connectivity index (χ0v) is 13.8. The minimum atomic E-state index is -4.48. The lowest BCUT2D eigenvalue weighted by atomic mass is 10.1. The number of rotatable bonds is 4. The largest absolute Gasteiger partial charge is 0.507 e. The average Bonchev–Trinajstić information content (AvgIpc) is 2.64. The van der Waals surface area contributed by atoms with E-state index in [2.05, 4.69) is 9.97 Å². The van der Waals surface area contributed by atoms with Gasteiger partial charge in [-0.05, 0) is 24.3 Å². The van der Waals surface area contributed by atoms with Gasteiger partial charge in [0.05, 0.1) is 5.69 Å². The van der Waals surface area contributed by atoms with Crippen LogP contribution in [0.5, 0.6) is 5.75 Å². The van der Waals surface area contributed by atoms with E-state index in [0.717, 1.165) is 6.07 Å². The number of hydrogen-bond acceptors (Lipinski definition) is 3. The molecule has 3 aromatic rings. The SMILES string of the molecule is Oc1ccc(Cl)cc1-c1cc(C(F)(F)C(F)F)nc(-c2ccccc2)n1. The van der Waals surface area contributed by atoms with Crippen LogP contribution in [-0.4, -0.2) is 21.5 Å². The van der Waals surface area contributed by atoms with E-state index in [4.69, 9.17) is 11.6 Å². The molecule has 0 unspecified atom stereocenters. The molecule has 0 radical (unpaired) electrons. The summed E-state index contributed by atoms with van der Waals surface area (Å²) in [7, 11) is 0. The van der Waals surface area contributed by atoms with E-state index in [1.54, 1.807) is 30.3 Å². The fourth-order valence-corrected chi connectivity index (χ4v) is 2.47. The summed E-state index contributed by atoms with van der Waals surface area (Å²) in [4.78, 5) is 7.76. The maximum Gasteiger partial charge on any atom is 0.349 e. The molecule has 1 heterocycles. The van der Waals surface area contributed by atoms with Crippen LogP contribution in [0.2, 0.25) is 5.02 Å². The lowest BCUT2D eigenvalue weighted by Crippen LogP contribution is -2.25. The highest BCUT2D eigenvalue weighted by Gasteiger charge is 2.45. The van der Waals surface area contributed by atoms with E-state index in [-0.39, 0.29) is 27.9 Å². The molecule has 0 aliphatic carbocycles. The molecule has 8 heteroatoms. The standard InChI is InChI=1S/C18H11ClF4N2O/c19-11-6-7-14(26)12(8-11)13-9-15(18(22,23)17(20)21)25-16(24-13)10-4-2-1-3-5-10/h1-9,17,26H. The van der Waals surface area contributed by atoms with E-state index in [1.807, 2.05) is 0 Å². The third-order valence-corrected chi connectivity index (χ3v) is 3.84. The van der Waals surface area contributed by atoms with Crippen molar-refractivity contribution >= 4 is 11.6 Å². The second-order valence-electron chi connectivity index (χ2n) is 5.41. The number of phenolic OH excluding ortho intramolecular Hbond substituents is 1. The first-order valence-electron chi connectivity index (χ1n) is 7.39. The van der Waals surface area contributed by atoms with E-state index in [1.165, 1.54) is 18.2 Å². The summed E-state index contributed by atoms with van der Waals surface area (Å²) >= 11 is 5.88. The van der Waals surface area contributed by atoms with E-state index >= 15 is 0 Å². The van der Waals surface area contributed by atoms with E-state index < -0.39 is 18.0 Å². The fraction of sp³-hybridized carbons (Fsp3) is 0.111. The number of halogens is 5. The lowest BCUT2D eigenvalue weighted by Gasteiger charge is -2.17. The predicted octanol–water partition coefficient (Wildman–Crippen LogP) is 5.53. The van der Waals surface area contributed by atoms with Gasteiger partial charge in [-0.3, -0.25) is 0 Å². The van der Waals surface area contributed by atoms with Gasteiger partial charge in [-0.1, -0.05) is 41.9 Å². The first-order valence-corrected chi connectivity index (χ1v) is 7.76. The molecule has 3 nitrogen and oxygen atoms in total. The van der Waals surface area contributed by atoms with Crippen molar-refractivity contribution in [1.29, 1.82) is 0 Å².